The average Bonchev–Trinajstić information content (AvgIpc) is 2.93. The van der Waals surface area contributed by atoms with E-state index in [1.807, 2.05) is 13.8 Å². The number of hydrogen-bond donors (Lipinski definition) is 1. The second kappa shape index (κ2) is 8.08. The Morgan fingerprint density at radius 3 is 2.67 bits per heavy atom. The van der Waals surface area contributed by atoms with Crippen LogP contribution in [0.4, 0.5) is 5.95 Å². The van der Waals surface area contributed by atoms with Crippen molar-refractivity contribution in [1.82, 2.24) is 24.3 Å². The molecule has 0 saturated carbocycles. The number of nitrogens with one attached hydrogen (secondary N) is 1. The molecule has 2 rings (SSSR count). The smallest absolute Gasteiger partial charge is 0.322 e. The minimum Gasteiger partial charge on any atom is -0.464 e. The predicted octanol–water partition coefficient (Wildman–Crippen LogP) is 2.66. The molecule has 0 spiro atoms. The number of rotatable bonds is 8. The van der Waals surface area contributed by atoms with E-state index in [2.05, 4.69) is 36.5 Å². The SMILES string of the molecule is CCCNc1nc(OCC)nc(Sc2nc(CC)ns2)n1. The molecule has 9 heteroatoms. The highest BCUT2D eigenvalue weighted by atomic mass is 32.2. The molecule has 0 unspecified atom stereocenters. The molecule has 0 atom stereocenters. The molecule has 0 bridgehead atoms. The number of aromatic nitrogens is 5. The lowest BCUT2D eigenvalue weighted by Crippen LogP contribution is -2.08. The molecule has 1 N–H and O–H groups in total. The van der Waals surface area contributed by atoms with Gasteiger partial charge in [0.15, 0.2) is 4.34 Å². The summed E-state index contributed by atoms with van der Waals surface area (Å²) < 4.78 is 10.5. The summed E-state index contributed by atoms with van der Waals surface area (Å²) in [7, 11) is 0. The van der Waals surface area contributed by atoms with Gasteiger partial charge in [-0.25, -0.2) is 4.98 Å². The summed E-state index contributed by atoms with van der Waals surface area (Å²) in [5.74, 6) is 1.36. The third-order valence-corrected chi connectivity index (χ3v) is 4.00. The Labute approximate surface area is 132 Å². The Balaban J connectivity index is 2.17. The third kappa shape index (κ3) is 4.78. The quantitative estimate of drug-likeness (QED) is 0.792. The van der Waals surface area contributed by atoms with Gasteiger partial charge in [0.05, 0.1) is 6.61 Å². The van der Waals surface area contributed by atoms with Gasteiger partial charge in [0, 0.05) is 13.0 Å². The van der Waals surface area contributed by atoms with Crippen molar-refractivity contribution >= 4 is 29.2 Å². The van der Waals surface area contributed by atoms with Crippen molar-refractivity contribution in [2.24, 2.45) is 0 Å². The van der Waals surface area contributed by atoms with Crippen LogP contribution in [0, 0.1) is 0 Å². The van der Waals surface area contributed by atoms with Crippen LogP contribution >= 0.6 is 23.3 Å². The molecule has 21 heavy (non-hydrogen) atoms. The van der Waals surface area contributed by atoms with E-state index >= 15 is 0 Å². The summed E-state index contributed by atoms with van der Waals surface area (Å²) in [6, 6.07) is 0.328. The van der Waals surface area contributed by atoms with E-state index in [1.165, 1.54) is 23.3 Å². The molecule has 0 aromatic carbocycles. The zero-order chi connectivity index (χ0) is 15.1. The van der Waals surface area contributed by atoms with Gasteiger partial charge in [0.25, 0.3) is 0 Å². The third-order valence-electron chi connectivity index (χ3n) is 2.35. The van der Waals surface area contributed by atoms with Crippen LogP contribution < -0.4 is 10.1 Å². The number of ether oxygens (including phenoxy) is 1. The van der Waals surface area contributed by atoms with Gasteiger partial charge in [0.2, 0.25) is 11.1 Å². The maximum atomic E-state index is 5.38. The lowest BCUT2D eigenvalue weighted by molar-refractivity contribution is 0.308. The molecule has 0 saturated heterocycles. The Bertz CT molecular complexity index is 577. The molecule has 0 aliphatic heterocycles. The van der Waals surface area contributed by atoms with Gasteiger partial charge in [-0.2, -0.15) is 19.3 Å². The Morgan fingerprint density at radius 2 is 2.00 bits per heavy atom. The minimum absolute atomic E-state index is 0.328. The monoisotopic (exact) mass is 326 g/mol. The van der Waals surface area contributed by atoms with Crippen LogP contribution in [0.2, 0.25) is 0 Å². The Morgan fingerprint density at radius 1 is 1.14 bits per heavy atom. The molecule has 2 aromatic heterocycles. The van der Waals surface area contributed by atoms with E-state index in [0.29, 0.717) is 23.7 Å². The van der Waals surface area contributed by atoms with E-state index in [1.54, 1.807) is 0 Å². The van der Waals surface area contributed by atoms with Crippen LogP contribution in [0.25, 0.3) is 0 Å². The molecule has 0 aliphatic rings. The van der Waals surface area contributed by atoms with Gasteiger partial charge in [0.1, 0.15) is 5.82 Å². The zero-order valence-corrected chi connectivity index (χ0v) is 13.9. The molecule has 0 aliphatic carbocycles. The molecule has 114 valence electrons. The fourth-order valence-corrected chi connectivity index (χ4v) is 2.94. The van der Waals surface area contributed by atoms with Crippen LogP contribution in [0.5, 0.6) is 6.01 Å². The van der Waals surface area contributed by atoms with Crippen LogP contribution in [0.1, 0.15) is 33.0 Å². The summed E-state index contributed by atoms with van der Waals surface area (Å²) >= 11 is 2.73. The number of anilines is 1. The molecule has 2 heterocycles. The molecule has 0 amide bonds. The fraction of sp³-hybridized carbons (Fsp3) is 0.583. The summed E-state index contributed by atoms with van der Waals surface area (Å²) in [4.78, 5) is 17.3. The minimum atomic E-state index is 0.328. The first-order valence-electron chi connectivity index (χ1n) is 6.88. The first-order valence-corrected chi connectivity index (χ1v) is 8.47. The second-order valence-corrected chi connectivity index (χ2v) is 5.98. The molecular weight excluding hydrogens is 308 g/mol. The van der Waals surface area contributed by atoms with Crippen molar-refractivity contribution in [3.8, 4) is 6.01 Å². The Kier molecular flexibility index (Phi) is 6.12. The second-order valence-electron chi connectivity index (χ2n) is 4.02. The fourth-order valence-electron chi connectivity index (χ4n) is 1.39. The van der Waals surface area contributed by atoms with Crippen molar-refractivity contribution in [2.45, 2.75) is 43.1 Å². The van der Waals surface area contributed by atoms with E-state index in [4.69, 9.17) is 4.74 Å². The van der Waals surface area contributed by atoms with Crippen molar-refractivity contribution in [3.05, 3.63) is 5.82 Å². The molecule has 2 aromatic rings. The van der Waals surface area contributed by atoms with Crippen LogP contribution in [0.15, 0.2) is 9.50 Å². The van der Waals surface area contributed by atoms with Crippen molar-refractivity contribution in [2.75, 3.05) is 18.5 Å². The number of aryl methyl sites for hydroxylation is 1. The molecule has 0 fully saturated rings. The first-order chi connectivity index (χ1) is 10.2. The first kappa shape index (κ1) is 15.9. The summed E-state index contributed by atoms with van der Waals surface area (Å²) in [6.45, 7) is 7.33. The lowest BCUT2D eigenvalue weighted by Gasteiger charge is -2.07. The maximum absolute atomic E-state index is 5.38. The summed E-state index contributed by atoms with van der Waals surface area (Å²) in [5.41, 5.74) is 0. The molecule has 7 nitrogen and oxygen atoms in total. The summed E-state index contributed by atoms with van der Waals surface area (Å²) in [5, 5.41) is 3.71. The largest absolute Gasteiger partial charge is 0.464 e. The summed E-state index contributed by atoms with van der Waals surface area (Å²) in [6.07, 6.45) is 1.82. The van der Waals surface area contributed by atoms with Crippen molar-refractivity contribution < 1.29 is 4.74 Å². The van der Waals surface area contributed by atoms with Crippen LogP contribution in [-0.4, -0.2) is 37.5 Å². The standard InChI is InChI=1S/C12H18N6OS2/c1-4-7-13-9-15-10(19-6-3)17-11(16-9)20-12-14-8(5-2)18-21-12/h4-7H2,1-3H3,(H,13,15,16,17). The number of hydrogen-bond acceptors (Lipinski definition) is 9. The topological polar surface area (TPSA) is 85.7 Å². The number of nitrogens with zero attached hydrogens (tertiary/aromatic N) is 5. The predicted molar refractivity (Wildman–Crippen MR) is 83.2 cm³/mol. The van der Waals surface area contributed by atoms with Gasteiger partial charge < -0.3 is 10.1 Å². The lowest BCUT2D eigenvalue weighted by atomic mass is 10.5. The van der Waals surface area contributed by atoms with E-state index < -0.39 is 0 Å². The van der Waals surface area contributed by atoms with E-state index in [-0.39, 0.29) is 0 Å². The zero-order valence-electron chi connectivity index (χ0n) is 12.3. The van der Waals surface area contributed by atoms with Crippen molar-refractivity contribution in [3.63, 3.8) is 0 Å². The highest BCUT2D eigenvalue weighted by molar-refractivity contribution is 8.00. The van der Waals surface area contributed by atoms with Crippen LogP contribution in [-0.2, 0) is 6.42 Å². The van der Waals surface area contributed by atoms with Gasteiger partial charge in [-0.05, 0) is 36.6 Å². The van der Waals surface area contributed by atoms with Crippen molar-refractivity contribution in [1.29, 1.82) is 0 Å². The average molecular weight is 326 g/mol. The Hall–Kier alpha value is -1.48. The van der Waals surface area contributed by atoms with Gasteiger partial charge in [-0.15, -0.1) is 0 Å². The normalized spacial score (nSPS) is 10.6. The van der Waals surface area contributed by atoms with Gasteiger partial charge in [-0.1, -0.05) is 13.8 Å². The maximum Gasteiger partial charge on any atom is 0.322 e. The van der Waals surface area contributed by atoms with E-state index in [9.17, 15) is 0 Å². The molecular formula is C12H18N6OS2. The van der Waals surface area contributed by atoms with E-state index in [0.717, 1.165) is 29.6 Å². The highest BCUT2D eigenvalue weighted by Gasteiger charge is 2.11. The van der Waals surface area contributed by atoms with Crippen LogP contribution in [0.3, 0.4) is 0 Å². The highest BCUT2D eigenvalue weighted by Crippen LogP contribution is 2.27. The van der Waals surface area contributed by atoms with Gasteiger partial charge >= 0.3 is 6.01 Å². The van der Waals surface area contributed by atoms with Gasteiger partial charge in [-0.3, -0.25) is 0 Å². The molecule has 0 radical (unpaired) electrons.